The number of aliphatic hydroxyl groups is 2. The number of amides is 1. The smallest absolute Gasteiger partial charge is 0.291 e. The SMILES string of the molecule is COc1ccc(OC)c([C@H]2C(C(C)=O)=C(O)C(=O)N2CO)c1. The van der Waals surface area contributed by atoms with E-state index in [-0.39, 0.29) is 5.57 Å². The van der Waals surface area contributed by atoms with Crippen molar-refractivity contribution in [2.75, 3.05) is 21.0 Å². The number of carbonyl (C=O) groups is 2. The van der Waals surface area contributed by atoms with E-state index in [1.54, 1.807) is 18.2 Å². The highest BCUT2D eigenvalue weighted by atomic mass is 16.5. The maximum atomic E-state index is 12.0. The first-order valence-electron chi connectivity index (χ1n) is 6.54. The van der Waals surface area contributed by atoms with Crippen LogP contribution < -0.4 is 9.47 Å². The van der Waals surface area contributed by atoms with E-state index in [1.165, 1.54) is 21.1 Å². The molecule has 0 aliphatic carbocycles. The predicted octanol–water partition coefficient (Wildman–Crippen LogP) is 0.938. The number of methoxy groups -OCH3 is 2. The highest BCUT2D eigenvalue weighted by molar-refractivity contribution is 6.08. The van der Waals surface area contributed by atoms with Crippen LogP contribution >= 0.6 is 0 Å². The lowest BCUT2D eigenvalue weighted by Gasteiger charge is -2.26. The zero-order valence-electron chi connectivity index (χ0n) is 12.5. The lowest BCUT2D eigenvalue weighted by Crippen LogP contribution is -2.32. The summed E-state index contributed by atoms with van der Waals surface area (Å²) in [5, 5.41) is 19.4. The Balaban J connectivity index is 2.66. The van der Waals surface area contributed by atoms with Crippen LogP contribution in [0.1, 0.15) is 18.5 Å². The third kappa shape index (κ3) is 2.39. The molecule has 0 bridgehead atoms. The van der Waals surface area contributed by atoms with Gasteiger partial charge in [-0.05, 0) is 25.1 Å². The van der Waals surface area contributed by atoms with Crippen molar-refractivity contribution >= 4 is 11.7 Å². The fourth-order valence-corrected chi connectivity index (χ4v) is 2.54. The Morgan fingerprint density at radius 2 is 2.00 bits per heavy atom. The van der Waals surface area contributed by atoms with Gasteiger partial charge in [-0.2, -0.15) is 0 Å². The van der Waals surface area contributed by atoms with E-state index in [0.717, 1.165) is 4.90 Å². The van der Waals surface area contributed by atoms with Gasteiger partial charge < -0.3 is 24.6 Å². The minimum absolute atomic E-state index is 0.0781. The number of carbonyl (C=O) groups excluding carboxylic acids is 2. The zero-order valence-corrected chi connectivity index (χ0v) is 12.5. The molecule has 1 aromatic carbocycles. The van der Waals surface area contributed by atoms with Gasteiger partial charge >= 0.3 is 0 Å². The second kappa shape index (κ2) is 6.07. The van der Waals surface area contributed by atoms with Gasteiger partial charge in [0.05, 0.1) is 25.8 Å². The van der Waals surface area contributed by atoms with Crippen LogP contribution in [-0.2, 0) is 9.59 Å². The first kappa shape index (κ1) is 15.8. The van der Waals surface area contributed by atoms with Crippen LogP contribution in [0.2, 0.25) is 0 Å². The summed E-state index contributed by atoms with van der Waals surface area (Å²) in [6.07, 6.45) is 0. The van der Waals surface area contributed by atoms with E-state index in [0.29, 0.717) is 17.1 Å². The minimum atomic E-state index is -0.931. The van der Waals surface area contributed by atoms with Gasteiger partial charge in [-0.15, -0.1) is 0 Å². The van der Waals surface area contributed by atoms with Gasteiger partial charge in [-0.3, -0.25) is 9.59 Å². The molecule has 1 heterocycles. The van der Waals surface area contributed by atoms with Crippen molar-refractivity contribution < 1.29 is 29.3 Å². The van der Waals surface area contributed by atoms with Crippen molar-refractivity contribution in [2.24, 2.45) is 0 Å². The monoisotopic (exact) mass is 307 g/mol. The Morgan fingerprint density at radius 1 is 1.32 bits per heavy atom. The summed E-state index contributed by atoms with van der Waals surface area (Å²) in [7, 11) is 2.93. The molecule has 0 fully saturated rings. The van der Waals surface area contributed by atoms with Gasteiger partial charge in [-0.1, -0.05) is 0 Å². The quantitative estimate of drug-likeness (QED) is 0.840. The molecule has 0 spiro atoms. The number of ether oxygens (including phenoxy) is 2. The Kier molecular flexibility index (Phi) is 4.37. The van der Waals surface area contributed by atoms with Gasteiger partial charge in [0.1, 0.15) is 18.2 Å². The molecule has 7 nitrogen and oxygen atoms in total. The fraction of sp³-hybridized carbons (Fsp3) is 0.333. The van der Waals surface area contributed by atoms with Crippen LogP contribution in [0.5, 0.6) is 11.5 Å². The van der Waals surface area contributed by atoms with E-state index < -0.39 is 30.2 Å². The summed E-state index contributed by atoms with van der Waals surface area (Å²) in [6, 6.07) is 3.96. The Hall–Kier alpha value is -2.54. The Labute approximate surface area is 127 Å². The van der Waals surface area contributed by atoms with Crippen LogP contribution in [0.3, 0.4) is 0 Å². The first-order valence-corrected chi connectivity index (χ1v) is 6.54. The van der Waals surface area contributed by atoms with E-state index in [4.69, 9.17) is 9.47 Å². The van der Waals surface area contributed by atoms with Gasteiger partial charge in [0.25, 0.3) is 5.91 Å². The summed E-state index contributed by atoms with van der Waals surface area (Å²) in [4.78, 5) is 24.9. The standard InChI is InChI=1S/C15H17NO6/c1-8(18)12-13(16(7-17)15(20)14(12)19)10-6-9(21-2)4-5-11(10)22-3/h4-6,13,17,19H,7H2,1-3H3/t13-/m0/s1. The fourth-order valence-electron chi connectivity index (χ4n) is 2.54. The summed E-state index contributed by atoms with van der Waals surface area (Å²) < 4.78 is 10.4. The number of hydrogen-bond acceptors (Lipinski definition) is 6. The normalized spacial score (nSPS) is 17.9. The molecule has 2 rings (SSSR count). The first-order chi connectivity index (χ1) is 10.5. The molecule has 1 atom stereocenters. The van der Waals surface area contributed by atoms with E-state index in [1.807, 2.05) is 0 Å². The van der Waals surface area contributed by atoms with E-state index in [2.05, 4.69) is 0 Å². The number of nitrogens with zero attached hydrogens (tertiary/aromatic N) is 1. The molecule has 0 saturated heterocycles. The van der Waals surface area contributed by atoms with Crippen LogP contribution in [0.15, 0.2) is 29.5 Å². The number of Topliss-reactive ketones (excluding diaryl/α,β-unsaturated/α-hetero) is 1. The topological polar surface area (TPSA) is 96.3 Å². The second-order valence-corrected chi connectivity index (χ2v) is 4.75. The predicted molar refractivity (Wildman–Crippen MR) is 76.6 cm³/mol. The van der Waals surface area contributed by atoms with Gasteiger partial charge in [0.2, 0.25) is 0 Å². The zero-order chi connectivity index (χ0) is 16.4. The molecule has 0 saturated carbocycles. The van der Waals surface area contributed by atoms with Crippen LogP contribution in [0.4, 0.5) is 0 Å². The van der Waals surface area contributed by atoms with Crippen molar-refractivity contribution in [3.63, 3.8) is 0 Å². The largest absolute Gasteiger partial charge is 0.503 e. The third-order valence-electron chi connectivity index (χ3n) is 3.57. The number of ketones is 1. The summed E-state index contributed by atoms with van der Waals surface area (Å²) in [5.41, 5.74) is 0.365. The molecule has 7 heteroatoms. The minimum Gasteiger partial charge on any atom is -0.503 e. The van der Waals surface area contributed by atoms with Crippen molar-refractivity contribution in [1.29, 1.82) is 0 Å². The molecule has 118 valence electrons. The lowest BCUT2D eigenvalue weighted by molar-refractivity contribution is -0.133. The maximum absolute atomic E-state index is 12.0. The molecular formula is C15H17NO6. The van der Waals surface area contributed by atoms with Gasteiger partial charge in [-0.25, -0.2) is 0 Å². The maximum Gasteiger partial charge on any atom is 0.291 e. The summed E-state index contributed by atoms with van der Waals surface area (Å²) in [5.74, 6) is -1.02. The second-order valence-electron chi connectivity index (χ2n) is 4.75. The number of aliphatic hydroxyl groups excluding tert-OH is 2. The van der Waals surface area contributed by atoms with E-state index >= 15 is 0 Å². The van der Waals surface area contributed by atoms with Crippen LogP contribution in [-0.4, -0.2) is 47.8 Å². The lowest BCUT2D eigenvalue weighted by atomic mass is 9.96. The number of rotatable bonds is 5. The molecule has 1 aromatic rings. The summed E-state index contributed by atoms with van der Waals surface area (Å²) >= 11 is 0. The van der Waals surface area contributed by atoms with Crippen molar-refractivity contribution in [3.8, 4) is 11.5 Å². The molecule has 0 radical (unpaired) electrons. The number of benzene rings is 1. The Bertz CT molecular complexity index is 651. The van der Waals surface area contributed by atoms with Crippen molar-refractivity contribution in [2.45, 2.75) is 13.0 Å². The highest BCUT2D eigenvalue weighted by Crippen LogP contribution is 2.42. The summed E-state index contributed by atoms with van der Waals surface area (Å²) in [6.45, 7) is 0.601. The number of hydrogen-bond donors (Lipinski definition) is 2. The van der Waals surface area contributed by atoms with Crippen molar-refractivity contribution in [3.05, 3.63) is 35.1 Å². The molecule has 2 N–H and O–H groups in total. The average molecular weight is 307 g/mol. The molecule has 0 aromatic heterocycles. The molecule has 1 amide bonds. The van der Waals surface area contributed by atoms with Gasteiger partial charge in [0.15, 0.2) is 11.5 Å². The molecule has 0 unspecified atom stereocenters. The van der Waals surface area contributed by atoms with Crippen molar-refractivity contribution in [1.82, 2.24) is 4.90 Å². The molecule has 22 heavy (non-hydrogen) atoms. The van der Waals surface area contributed by atoms with Gasteiger partial charge in [0, 0.05) is 5.56 Å². The average Bonchev–Trinajstić information content (AvgIpc) is 2.77. The molecular weight excluding hydrogens is 290 g/mol. The highest BCUT2D eigenvalue weighted by Gasteiger charge is 2.43. The van der Waals surface area contributed by atoms with E-state index in [9.17, 15) is 19.8 Å². The van der Waals surface area contributed by atoms with Crippen LogP contribution in [0, 0.1) is 0 Å². The molecule has 1 aliphatic rings. The molecule has 1 aliphatic heterocycles. The Morgan fingerprint density at radius 3 is 2.50 bits per heavy atom. The third-order valence-corrected chi connectivity index (χ3v) is 3.57. The van der Waals surface area contributed by atoms with Crippen LogP contribution in [0.25, 0.3) is 0 Å².